The Labute approximate surface area is 211 Å². The van der Waals surface area contributed by atoms with Crippen LogP contribution in [0.2, 0.25) is 0 Å². The third-order valence-electron chi connectivity index (χ3n) is 6.17. The number of aryl methyl sites for hydroxylation is 2. The van der Waals surface area contributed by atoms with Crippen LogP contribution in [-0.4, -0.2) is 43.4 Å². The second kappa shape index (κ2) is 11.1. The van der Waals surface area contributed by atoms with Crippen molar-refractivity contribution in [3.8, 4) is 11.5 Å². The van der Waals surface area contributed by atoms with E-state index < -0.39 is 6.04 Å². The molecule has 1 aliphatic heterocycles. The van der Waals surface area contributed by atoms with Gasteiger partial charge in [0.15, 0.2) is 19.0 Å². The Morgan fingerprint density at radius 1 is 1.06 bits per heavy atom. The van der Waals surface area contributed by atoms with E-state index in [2.05, 4.69) is 5.32 Å². The Balaban J connectivity index is 1.45. The second-order valence-corrected chi connectivity index (χ2v) is 8.92. The van der Waals surface area contributed by atoms with Gasteiger partial charge >= 0.3 is 0 Å². The van der Waals surface area contributed by atoms with Crippen molar-refractivity contribution < 1.29 is 23.9 Å². The number of fused-ring (bicyclic) bond motifs is 1. The normalized spacial score (nSPS) is 13.4. The van der Waals surface area contributed by atoms with Crippen molar-refractivity contribution in [1.82, 2.24) is 5.32 Å². The lowest BCUT2D eigenvalue weighted by Crippen LogP contribution is -2.51. The summed E-state index contributed by atoms with van der Waals surface area (Å²) in [5, 5.41) is 2.90. The summed E-state index contributed by atoms with van der Waals surface area (Å²) in [6.07, 6.45) is 0.687. The Morgan fingerprint density at radius 3 is 2.58 bits per heavy atom. The third kappa shape index (κ3) is 5.74. The Bertz CT molecular complexity index is 1270. The molecule has 7 nitrogen and oxygen atoms in total. The Kier molecular flexibility index (Phi) is 7.68. The zero-order chi connectivity index (χ0) is 25.7. The molecular weight excluding hydrogens is 456 g/mol. The Morgan fingerprint density at radius 2 is 1.83 bits per heavy atom. The number of nitrogens with zero attached hydrogens (tertiary/aromatic N) is 1. The van der Waals surface area contributed by atoms with Crippen molar-refractivity contribution in [2.75, 3.05) is 24.7 Å². The molecule has 3 aromatic carbocycles. The van der Waals surface area contributed by atoms with Gasteiger partial charge in [0.1, 0.15) is 17.5 Å². The highest BCUT2D eigenvalue weighted by Crippen LogP contribution is 2.34. The number of ether oxygens (including phenoxy) is 2. The van der Waals surface area contributed by atoms with E-state index in [1.807, 2.05) is 62.4 Å². The lowest BCUT2D eigenvalue weighted by Gasteiger charge is -2.33. The van der Waals surface area contributed by atoms with Crippen LogP contribution in [0.4, 0.5) is 5.69 Å². The van der Waals surface area contributed by atoms with Gasteiger partial charge in [0, 0.05) is 12.1 Å². The van der Waals surface area contributed by atoms with Gasteiger partial charge in [-0.3, -0.25) is 19.3 Å². The summed E-state index contributed by atoms with van der Waals surface area (Å²) >= 11 is 0. The number of carbonyl (C=O) groups is 3. The first kappa shape index (κ1) is 25.0. The zero-order valence-electron chi connectivity index (χ0n) is 20.7. The largest absolute Gasteiger partial charge is 0.485 e. The topological polar surface area (TPSA) is 84.9 Å². The predicted molar refractivity (Wildman–Crippen MR) is 138 cm³/mol. The number of amides is 2. The van der Waals surface area contributed by atoms with Crippen LogP contribution in [0.1, 0.15) is 34.0 Å². The first-order chi connectivity index (χ1) is 17.3. The summed E-state index contributed by atoms with van der Waals surface area (Å²) in [5.74, 6) is 0.236. The van der Waals surface area contributed by atoms with Crippen LogP contribution in [0.3, 0.4) is 0 Å². The molecule has 1 N–H and O–H groups in total. The molecule has 0 aliphatic carbocycles. The van der Waals surface area contributed by atoms with Gasteiger partial charge in [0.25, 0.3) is 5.91 Å². The van der Waals surface area contributed by atoms with Gasteiger partial charge in [-0.15, -0.1) is 0 Å². The highest BCUT2D eigenvalue weighted by Gasteiger charge is 2.33. The van der Waals surface area contributed by atoms with Crippen molar-refractivity contribution in [3.63, 3.8) is 0 Å². The number of benzene rings is 3. The van der Waals surface area contributed by atoms with E-state index in [-0.39, 0.29) is 30.8 Å². The SMILES string of the molecule is Cc1ccc(OCC(=O)c2ccc3c(c2)N([C@H](C)C(=O)NCCc2ccccc2)C(=O)CO3)c(C)c1. The van der Waals surface area contributed by atoms with Crippen molar-refractivity contribution in [3.05, 3.63) is 89.0 Å². The van der Waals surface area contributed by atoms with Gasteiger partial charge in [-0.05, 0) is 62.6 Å². The van der Waals surface area contributed by atoms with Crippen LogP contribution in [0.15, 0.2) is 66.7 Å². The summed E-state index contributed by atoms with van der Waals surface area (Å²) in [7, 11) is 0. The second-order valence-electron chi connectivity index (χ2n) is 8.92. The van der Waals surface area contributed by atoms with Crippen LogP contribution in [0.5, 0.6) is 11.5 Å². The fourth-order valence-electron chi connectivity index (χ4n) is 4.20. The van der Waals surface area contributed by atoms with E-state index >= 15 is 0 Å². The van der Waals surface area contributed by atoms with Crippen molar-refractivity contribution in [2.24, 2.45) is 0 Å². The molecule has 0 saturated carbocycles. The maximum absolute atomic E-state index is 12.9. The van der Waals surface area contributed by atoms with Gasteiger partial charge in [-0.2, -0.15) is 0 Å². The van der Waals surface area contributed by atoms with Gasteiger partial charge < -0.3 is 14.8 Å². The molecule has 7 heteroatoms. The molecule has 0 radical (unpaired) electrons. The average Bonchev–Trinajstić information content (AvgIpc) is 2.87. The number of hydrogen-bond acceptors (Lipinski definition) is 5. The number of rotatable bonds is 9. The lowest BCUT2D eigenvalue weighted by molar-refractivity contribution is -0.127. The van der Waals surface area contributed by atoms with E-state index in [0.717, 1.165) is 16.7 Å². The number of hydrogen-bond donors (Lipinski definition) is 1. The standard InChI is InChI=1S/C29H30N2O5/c1-19-9-11-26(20(2)15-19)35-17-25(32)23-10-12-27-24(16-23)31(28(33)18-36-27)21(3)29(34)30-14-13-22-7-5-4-6-8-22/h4-12,15-16,21H,13-14,17-18H2,1-3H3,(H,30,34)/t21-/m1/s1. The summed E-state index contributed by atoms with van der Waals surface area (Å²) in [6, 6.07) is 19.7. The van der Waals surface area contributed by atoms with E-state index in [1.165, 1.54) is 4.90 Å². The van der Waals surface area contributed by atoms with Crippen LogP contribution >= 0.6 is 0 Å². The van der Waals surface area contributed by atoms with Crippen LogP contribution in [-0.2, 0) is 16.0 Å². The molecular formula is C29H30N2O5. The molecule has 3 aromatic rings. The fourth-order valence-corrected chi connectivity index (χ4v) is 4.20. The van der Waals surface area contributed by atoms with Crippen LogP contribution < -0.4 is 19.7 Å². The van der Waals surface area contributed by atoms with Gasteiger partial charge in [-0.25, -0.2) is 0 Å². The van der Waals surface area contributed by atoms with E-state index in [1.54, 1.807) is 25.1 Å². The van der Waals surface area contributed by atoms with Crippen LogP contribution in [0.25, 0.3) is 0 Å². The molecule has 0 unspecified atom stereocenters. The molecule has 36 heavy (non-hydrogen) atoms. The predicted octanol–water partition coefficient (Wildman–Crippen LogP) is 4.04. The fraction of sp³-hybridized carbons (Fsp3) is 0.276. The maximum Gasteiger partial charge on any atom is 0.265 e. The first-order valence-electron chi connectivity index (χ1n) is 12.0. The minimum absolute atomic E-state index is 0.146. The van der Waals surface area contributed by atoms with Crippen molar-refractivity contribution in [1.29, 1.82) is 0 Å². The number of anilines is 1. The molecule has 0 aromatic heterocycles. The molecule has 2 amide bonds. The van der Waals surface area contributed by atoms with Gasteiger partial charge in [0.05, 0.1) is 5.69 Å². The number of Topliss-reactive ketones (excluding diaryl/α,β-unsaturated/α-hetero) is 1. The molecule has 1 aliphatic rings. The minimum atomic E-state index is -0.771. The highest BCUT2D eigenvalue weighted by molar-refractivity contribution is 6.05. The zero-order valence-corrected chi connectivity index (χ0v) is 20.7. The lowest BCUT2D eigenvalue weighted by atomic mass is 10.1. The van der Waals surface area contributed by atoms with Gasteiger partial charge in [-0.1, -0.05) is 48.0 Å². The average molecular weight is 487 g/mol. The molecule has 0 bridgehead atoms. The summed E-state index contributed by atoms with van der Waals surface area (Å²) in [5.41, 5.74) is 3.95. The molecule has 1 atom stereocenters. The summed E-state index contributed by atoms with van der Waals surface area (Å²) in [6.45, 7) is 5.73. The van der Waals surface area contributed by atoms with Crippen molar-refractivity contribution in [2.45, 2.75) is 33.2 Å². The Hall–Kier alpha value is -4.13. The molecule has 0 spiro atoms. The first-order valence-corrected chi connectivity index (χ1v) is 12.0. The quantitative estimate of drug-likeness (QED) is 0.462. The molecule has 4 rings (SSSR count). The summed E-state index contributed by atoms with van der Waals surface area (Å²) in [4.78, 5) is 40.0. The minimum Gasteiger partial charge on any atom is -0.485 e. The molecule has 186 valence electrons. The van der Waals surface area contributed by atoms with Crippen LogP contribution in [0, 0.1) is 13.8 Å². The number of ketones is 1. The van der Waals surface area contributed by atoms with E-state index in [0.29, 0.717) is 35.7 Å². The van der Waals surface area contributed by atoms with E-state index in [9.17, 15) is 14.4 Å². The highest BCUT2D eigenvalue weighted by atomic mass is 16.5. The number of nitrogens with one attached hydrogen (secondary N) is 1. The van der Waals surface area contributed by atoms with Gasteiger partial charge in [0.2, 0.25) is 5.91 Å². The molecule has 0 saturated heterocycles. The molecule has 0 fully saturated rings. The van der Waals surface area contributed by atoms with E-state index in [4.69, 9.17) is 9.47 Å². The molecule has 1 heterocycles. The monoisotopic (exact) mass is 486 g/mol. The third-order valence-corrected chi connectivity index (χ3v) is 6.17. The summed E-state index contributed by atoms with van der Waals surface area (Å²) < 4.78 is 11.3. The smallest absolute Gasteiger partial charge is 0.265 e. The van der Waals surface area contributed by atoms with Crippen molar-refractivity contribution >= 4 is 23.3 Å². The maximum atomic E-state index is 12.9. The number of carbonyl (C=O) groups excluding carboxylic acids is 3.